The molecule has 0 spiro atoms. The van der Waals surface area contributed by atoms with Crippen LogP contribution in [0.4, 0.5) is 0 Å². The highest BCUT2D eigenvalue weighted by atomic mass is 127. The van der Waals surface area contributed by atoms with Gasteiger partial charge in [0.05, 0.1) is 0 Å². The Bertz CT molecular complexity index is 598. The summed E-state index contributed by atoms with van der Waals surface area (Å²) in [6.45, 7) is 7.94. The zero-order chi connectivity index (χ0) is 16.9. The molecule has 0 radical (unpaired) electrons. The van der Waals surface area contributed by atoms with E-state index in [1.165, 1.54) is 11.3 Å². The van der Waals surface area contributed by atoms with Crippen LogP contribution in [-0.4, -0.2) is 55.3 Å². The normalized spacial score (nSPS) is 19.8. The highest BCUT2D eigenvalue weighted by Crippen LogP contribution is 2.32. The lowest BCUT2D eigenvalue weighted by Crippen LogP contribution is -2.49. The van der Waals surface area contributed by atoms with Gasteiger partial charge in [-0.25, -0.2) is 0 Å². The molecule has 7 heteroatoms. The highest BCUT2D eigenvalue weighted by Gasteiger charge is 2.24. The number of ether oxygens (including phenoxy) is 2. The molecule has 0 aliphatic carbocycles. The van der Waals surface area contributed by atoms with E-state index in [4.69, 9.17) is 9.47 Å². The summed E-state index contributed by atoms with van der Waals surface area (Å²) in [5.41, 5.74) is 1.25. The number of nitrogens with zero attached hydrogens (tertiary/aromatic N) is 2. The predicted octanol–water partition coefficient (Wildman–Crippen LogP) is 3.22. The molecule has 3 rings (SSSR count). The van der Waals surface area contributed by atoms with Crippen molar-refractivity contribution in [3.8, 4) is 11.5 Å². The molecule has 0 bridgehead atoms. The van der Waals surface area contributed by atoms with Gasteiger partial charge in [0.2, 0.25) is 6.79 Å². The largest absolute Gasteiger partial charge is 0.454 e. The zero-order valence-corrected chi connectivity index (χ0v) is 18.3. The minimum Gasteiger partial charge on any atom is -0.454 e. The fourth-order valence-electron chi connectivity index (χ4n) is 3.02. The molecule has 5 nitrogen and oxygen atoms in total. The maximum atomic E-state index is 5.44. The van der Waals surface area contributed by atoms with Crippen LogP contribution in [0.15, 0.2) is 23.2 Å². The van der Waals surface area contributed by atoms with Gasteiger partial charge in [-0.3, -0.25) is 4.99 Å². The van der Waals surface area contributed by atoms with E-state index in [2.05, 4.69) is 53.0 Å². The lowest BCUT2D eigenvalue weighted by Gasteiger charge is -2.36. The van der Waals surface area contributed by atoms with Gasteiger partial charge in [-0.15, -0.1) is 24.0 Å². The van der Waals surface area contributed by atoms with E-state index in [9.17, 15) is 0 Å². The van der Waals surface area contributed by atoms with Crippen LogP contribution in [0.3, 0.4) is 0 Å². The Morgan fingerprint density at radius 3 is 2.92 bits per heavy atom. The van der Waals surface area contributed by atoms with Crippen molar-refractivity contribution in [1.82, 2.24) is 10.2 Å². The molecule has 140 valence electrons. The Labute approximate surface area is 171 Å². The molecule has 0 aromatic heterocycles. The van der Waals surface area contributed by atoms with E-state index in [1.807, 2.05) is 13.1 Å². The molecule has 2 heterocycles. The first-order chi connectivity index (χ1) is 11.7. The van der Waals surface area contributed by atoms with E-state index in [0.29, 0.717) is 18.0 Å². The van der Waals surface area contributed by atoms with E-state index in [0.717, 1.165) is 43.5 Å². The molecule has 1 aromatic rings. The van der Waals surface area contributed by atoms with Crippen LogP contribution in [0.2, 0.25) is 0 Å². The van der Waals surface area contributed by atoms with Crippen molar-refractivity contribution in [2.24, 2.45) is 10.9 Å². The lowest BCUT2D eigenvalue weighted by atomic mass is 10.1. The molecule has 1 aromatic carbocycles. The number of thioether (sulfide) groups is 1. The Kier molecular flexibility index (Phi) is 7.99. The van der Waals surface area contributed by atoms with Crippen molar-refractivity contribution < 1.29 is 9.47 Å². The zero-order valence-electron chi connectivity index (χ0n) is 15.2. The molecule has 1 unspecified atom stereocenters. The van der Waals surface area contributed by atoms with E-state index >= 15 is 0 Å². The van der Waals surface area contributed by atoms with Gasteiger partial charge in [0.1, 0.15) is 0 Å². The van der Waals surface area contributed by atoms with Crippen molar-refractivity contribution in [2.75, 3.05) is 39.2 Å². The summed E-state index contributed by atoms with van der Waals surface area (Å²) in [7, 11) is 1.87. The van der Waals surface area contributed by atoms with Crippen LogP contribution in [0.5, 0.6) is 11.5 Å². The Morgan fingerprint density at radius 1 is 1.36 bits per heavy atom. The Hall–Kier alpha value is -0.830. The smallest absolute Gasteiger partial charge is 0.231 e. The van der Waals surface area contributed by atoms with E-state index in [1.54, 1.807) is 0 Å². The van der Waals surface area contributed by atoms with Crippen molar-refractivity contribution >= 4 is 41.7 Å². The molecule has 1 fully saturated rings. The third-order valence-electron chi connectivity index (χ3n) is 4.48. The van der Waals surface area contributed by atoms with Crippen molar-refractivity contribution in [2.45, 2.75) is 25.5 Å². The van der Waals surface area contributed by atoms with Gasteiger partial charge in [0.25, 0.3) is 0 Å². The molecule has 1 atom stereocenters. The molecule has 0 amide bonds. The van der Waals surface area contributed by atoms with Crippen LogP contribution in [0.25, 0.3) is 0 Å². The second-order valence-electron chi connectivity index (χ2n) is 6.51. The molecule has 1 N–H and O–H groups in total. The standard InChI is InChI=1S/C18H27N3O2S.HI/c1-13(2)17-11-21(8-9-24-17)18(19-3)20-7-6-14-4-5-15-16(10-14)23-12-22-15;/h4-5,10,13,17H,6-9,11-12H2,1-3H3,(H,19,20);1H. The first-order valence-corrected chi connectivity index (χ1v) is 9.68. The summed E-state index contributed by atoms with van der Waals surface area (Å²) in [4.78, 5) is 6.86. The first kappa shape index (κ1) is 20.5. The van der Waals surface area contributed by atoms with Crippen molar-refractivity contribution in [3.63, 3.8) is 0 Å². The minimum atomic E-state index is 0. The monoisotopic (exact) mass is 477 g/mol. The predicted molar refractivity (Wildman–Crippen MR) is 116 cm³/mol. The van der Waals surface area contributed by atoms with Crippen LogP contribution < -0.4 is 14.8 Å². The molecular weight excluding hydrogens is 449 g/mol. The van der Waals surface area contributed by atoms with Crippen LogP contribution >= 0.6 is 35.7 Å². The van der Waals surface area contributed by atoms with E-state index < -0.39 is 0 Å². The fraction of sp³-hybridized carbons (Fsp3) is 0.611. The summed E-state index contributed by atoms with van der Waals surface area (Å²) in [6.07, 6.45) is 0.936. The SMILES string of the molecule is CN=C(NCCc1ccc2c(c1)OCO2)N1CCSC(C(C)C)C1.I. The van der Waals surface area contributed by atoms with Gasteiger partial charge in [0.15, 0.2) is 17.5 Å². The number of aliphatic imine (C=N–C) groups is 1. The maximum Gasteiger partial charge on any atom is 0.231 e. The molecular formula is C18H28IN3O2S. The van der Waals surface area contributed by atoms with Crippen molar-refractivity contribution in [3.05, 3.63) is 23.8 Å². The molecule has 2 aliphatic rings. The number of nitrogens with one attached hydrogen (secondary N) is 1. The number of benzene rings is 1. The van der Waals surface area contributed by atoms with Crippen LogP contribution in [0.1, 0.15) is 19.4 Å². The third kappa shape index (κ3) is 5.32. The summed E-state index contributed by atoms with van der Waals surface area (Å²) < 4.78 is 10.8. The quantitative estimate of drug-likeness (QED) is 0.410. The maximum absolute atomic E-state index is 5.44. The van der Waals surface area contributed by atoms with Gasteiger partial charge in [0, 0.05) is 37.7 Å². The summed E-state index contributed by atoms with van der Waals surface area (Å²) in [6, 6.07) is 6.16. The molecule has 2 aliphatic heterocycles. The lowest BCUT2D eigenvalue weighted by molar-refractivity contribution is 0.174. The number of fused-ring (bicyclic) bond motifs is 1. The Balaban J connectivity index is 0.00000225. The minimum absolute atomic E-state index is 0. The summed E-state index contributed by atoms with van der Waals surface area (Å²) in [5.74, 6) is 4.58. The summed E-state index contributed by atoms with van der Waals surface area (Å²) >= 11 is 2.08. The topological polar surface area (TPSA) is 46.1 Å². The van der Waals surface area contributed by atoms with E-state index in [-0.39, 0.29) is 24.0 Å². The summed E-state index contributed by atoms with van der Waals surface area (Å²) in [5, 5.41) is 4.20. The van der Waals surface area contributed by atoms with Gasteiger partial charge in [-0.1, -0.05) is 19.9 Å². The Morgan fingerprint density at radius 2 is 2.16 bits per heavy atom. The van der Waals surface area contributed by atoms with Crippen LogP contribution in [-0.2, 0) is 6.42 Å². The number of hydrogen-bond donors (Lipinski definition) is 1. The fourth-order valence-corrected chi connectivity index (χ4v) is 4.32. The number of hydrogen-bond acceptors (Lipinski definition) is 4. The number of rotatable bonds is 4. The van der Waals surface area contributed by atoms with Crippen molar-refractivity contribution in [1.29, 1.82) is 0 Å². The average molecular weight is 477 g/mol. The molecule has 0 saturated carbocycles. The van der Waals surface area contributed by atoms with Crippen LogP contribution in [0, 0.1) is 5.92 Å². The first-order valence-electron chi connectivity index (χ1n) is 8.63. The van der Waals surface area contributed by atoms with Gasteiger partial charge >= 0.3 is 0 Å². The molecule has 1 saturated heterocycles. The number of halogens is 1. The third-order valence-corrected chi connectivity index (χ3v) is 6.02. The molecule has 25 heavy (non-hydrogen) atoms. The second kappa shape index (κ2) is 9.75. The number of guanidine groups is 1. The second-order valence-corrected chi connectivity index (χ2v) is 7.86. The van der Waals surface area contributed by atoms with Gasteiger partial charge in [-0.05, 0) is 30.0 Å². The van der Waals surface area contributed by atoms with Gasteiger partial charge in [-0.2, -0.15) is 11.8 Å². The average Bonchev–Trinajstić information content (AvgIpc) is 3.06. The highest BCUT2D eigenvalue weighted by molar-refractivity contribution is 14.0. The van der Waals surface area contributed by atoms with Gasteiger partial charge < -0.3 is 19.7 Å².